The van der Waals surface area contributed by atoms with Crippen molar-refractivity contribution >= 4 is 149 Å². The molecule has 0 spiro atoms. The minimum absolute atomic E-state index is 0.0783. The lowest BCUT2D eigenvalue weighted by Gasteiger charge is -2.52. The van der Waals surface area contributed by atoms with E-state index in [1.54, 1.807) is 0 Å². The van der Waals surface area contributed by atoms with Crippen molar-refractivity contribution in [2.24, 2.45) is 11.8 Å². The Morgan fingerprint density at radius 1 is 0.611 bits per heavy atom. The molecule has 8 atom stereocenters. The van der Waals surface area contributed by atoms with E-state index in [-0.39, 0.29) is 25.7 Å². The highest BCUT2D eigenvalue weighted by Gasteiger charge is 2.91. The highest BCUT2D eigenvalue weighted by Crippen LogP contribution is 2.88. The van der Waals surface area contributed by atoms with Crippen molar-refractivity contribution in [3.63, 3.8) is 0 Å². The summed E-state index contributed by atoms with van der Waals surface area (Å²) in [5.74, 6) is -3.79. The van der Waals surface area contributed by atoms with Crippen molar-refractivity contribution < 1.29 is 13.0 Å². The first kappa shape index (κ1) is 28.2. The average Bonchev–Trinajstić information content (AvgIpc) is 3.12. The predicted octanol–water partition coefficient (Wildman–Crippen LogP) is 9.04. The van der Waals surface area contributed by atoms with Gasteiger partial charge >= 0.3 is 0 Å². The summed E-state index contributed by atoms with van der Waals surface area (Å²) >= 11 is 82.8. The molecular formula is C20H8Cl12O3S. The molecule has 5 aliphatic rings. The maximum Gasteiger partial charge on any atom is 0.294 e. The monoisotopic (exact) mass is 748 g/mol. The molecule has 196 valence electrons. The second-order valence-corrected chi connectivity index (χ2v) is 17.5. The lowest BCUT2D eigenvalue weighted by atomic mass is 9.57. The molecule has 1 aromatic rings. The molecule has 0 aromatic heterocycles. The lowest BCUT2D eigenvalue weighted by molar-refractivity contribution is 0.201. The molecule has 5 aliphatic carbocycles. The van der Waals surface area contributed by atoms with Crippen LogP contribution in [0, 0.1) is 11.8 Å². The summed E-state index contributed by atoms with van der Waals surface area (Å²) in [6.07, 6.45) is 0. The standard InChI is InChI=1S/C20H8Cl12O3S/c21-11-13(23)17(27)9-7(15(11,25)19(17,29)30)5-2-1-4(36(33,34)35)3-6(5)8-10(9)18(28)14(24)12(22)16(8,26)20(18,31)32/h1-3,7-10H,(H,33,34,35)/t7-,8-,9-,10-,15-,16-,17-,18-/m1/s1. The van der Waals surface area contributed by atoms with Gasteiger partial charge in [0.2, 0.25) is 0 Å². The first-order valence-electron chi connectivity index (χ1n) is 9.96. The van der Waals surface area contributed by atoms with Gasteiger partial charge in [-0.05, 0) is 23.3 Å². The zero-order valence-electron chi connectivity index (χ0n) is 16.7. The average molecular weight is 754 g/mol. The molecule has 4 bridgehead atoms. The van der Waals surface area contributed by atoms with Crippen molar-refractivity contribution in [1.29, 1.82) is 0 Å². The second-order valence-electron chi connectivity index (χ2n) is 9.52. The van der Waals surface area contributed by atoms with E-state index in [1.807, 2.05) is 0 Å². The van der Waals surface area contributed by atoms with Crippen LogP contribution in [0.1, 0.15) is 23.0 Å². The Labute approximate surface area is 265 Å². The summed E-state index contributed by atoms with van der Waals surface area (Å²) in [5, 5.41) is -0.404. The van der Waals surface area contributed by atoms with Crippen LogP contribution in [-0.4, -0.2) is 41.1 Å². The van der Waals surface area contributed by atoms with Gasteiger partial charge in [-0.25, -0.2) is 0 Å². The minimum atomic E-state index is -4.65. The largest absolute Gasteiger partial charge is 0.294 e. The molecule has 3 nitrogen and oxygen atoms in total. The van der Waals surface area contributed by atoms with Gasteiger partial charge in [-0.1, -0.05) is 98.9 Å². The van der Waals surface area contributed by atoms with E-state index in [9.17, 15) is 13.0 Å². The van der Waals surface area contributed by atoms with E-state index >= 15 is 0 Å². The summed E-state index contributed by atoms with van der Waals surface area (Å²) < 4.78 is 29.9. The third kappa shape index (κ3) is 2.51. The fraction of sp³-hybridized carbons (Fsp3) is 0.500. The van der Waals surface area contributed by atoms with E-state index < -0.39 is 66.8 Å². The summed E-state index contributed by atoms with van der Waals surface area (Å²) in [7, 11) is -4.65. The van der Waals surface area contributed by atoms with Crippen molar-refractivity contribution in [3.05, 3.63) is 49.5 Å². The molecule has 0 unspecified atom stereocenters. The summed E-state index contributed by atoms with van der Waals surface area (Å²) in [6.45, 7) is 0. The van der Waals surface area contributed by atoms with Crippen LogP contribution >= 0.6 is 139 Å². The predicted molar refractivity (Wildman–Crippen MR) is 149 cm³/mol. The number of rotatable bonds is 1. The Bertz CT molecular complexity index is 1470. The van der Waals surface area contributed by atoms with Crippen LogP contribution in [0.15, 0.2) is 43.2 Å². The maximum atomic E-state index is 12.1. The molecular weight excluding hydrogens is 746 g/mol. The van der Waals surface area contributed by atoms with Gasteiger partial charge < -0.3 is 0 Å². The molecule has 36 heavy (non-hydrogen) atoms. The summed E-state index contributed by atoms with van der Waals surface area (Å²) in [5.41, 5.74) is 0.705. The van der Waals surface area contributed by atoms with Gasteiger partial charge in [0.25, 0.3) is 10.1 Å². The number of allylic oxidation sites excluding steroid dienone is 4. The third-order valence-electron chi connectivity index (χ3n) is 8.40. The van der Waals surface area contributed by atoms with Crippen LogP contribution in [0.3, 0.4) is 0 Å². The van der Waals surface area contributed by atoms with Crippen LogP contribution in [0.25, 0.3) is 0 Å². The highest BCUT2D eigenvalue weighted by molar-refractivity contribution is 7.85. The number of hydrogen-bond donors (Lipinski definition) is 1. The van der Waals surface area contributed by atoms with E-state index in [0.717, 1.165) is 0 Å². The Balaban J connectivity index is 1.80. The van der Waals surface area contributed by atoms with E-state index in [1.165, 1.54) is 18.2 Å². The molecule has 6 rings (SSSR count). The number of hydrogen-bond acceptors (Lipinski definition) is 2. The Hall–Kier alpha value is 2.09. The number of benzene rings is 1. The van der Waals surface area contributed by atoms with Crippen molar-refractivity contribution in [1.82, 2.24) is 0 Å². The number of fused-ring (bicyclic) bond motifs is 14. The Morgan fingerprint density at radius 2 is 0.972 bits per heavy atom. The second kappa shape index (κ2) is 7.53. The minimum Gasteiger partial charge on any atom is -0.282 e. The molecule has 2 fully saturated rings. The van der Waals surface area contributed by atoms with Gasteiger partial charge in [0.15, 0.2) is 8.67 Å². The van der Waals surface area contributed by atoms with E-state index in [2.05, 4.69) is 0 Å². The third-order valence-corrected chi connectivity index (χ3v) is 17.8. The Kier molecular flexibility index (Phi) is 5.90. The first-order valence-corrected chi connectivity index (χ1v) is 15.9. The number of alkyl halides is 8. The van der Waals surface area contributed by atoms with Gasteiger partial charge in [-0.15, -0.1) is 46.4 Å². The fourth-order valence-electron chi connectivity index (χ4n) is 7.04. The van der Waals surface area contributed by atoms with Gasteiger partial charge in [0.1, 0.15) is 19.5 Å². The van der Waals surface area contributed by atoms with Crippen LogP contribution in [0.5, 0.6) is 0 Å². The zero-order valence-corrected chi connectivity index (χ0v) is 26.6. The van der Waals surface area contributed by atoms with Crippen LogP contribution < -0.4 is 0 Å². The topological polar surface area (TPSA) is 54.4 Å². The fourth-order valence-corrected chi connectivity index (χ4v) is 13.6. The van der Waals surface area contributed by atoms with Crippen molar-refractivity contribution in [2.75, 3.05) is 0 Å². The molecule has 16 heteroatoms. The quantitative estimate of drug-likeness (QED) is 0.230. The molecule has 1 aromatic carbocycles. The highest BCUT2D eigenvalue weighted by atomic mass is 35.5. The number of halogens is 12. The van der Waals surface area contributed by atoms with Gasteiger partial charge in [0.05, 0.1) is 25.0 Å². The molecule has 0 heterocycles. The van der Waals surface area contributed by atoms with Crippen molar-refractivity contribution in [3.8, 4) is 0 Å². The van der Waals surface area contributed by atoms with Crippen LogP contribution in [0.4, 0.5) is 0 Å². The molecule has 0 radical (unpaired) electrons. The molecule has 0 aliphatic heterocycles. The normalized spacial score (nSPS) is 47.4. The molecule has 0 amide bonds. The maximum absolute atomic E-state index is 12.1. The first-order chi connectivity index (χ1) is 16.2. The van der Waals surface area contributed by atoms with Gasteiger partial charge in [-0.2, -0.15) is 8.42 Å². The van der Waals surface area contributed by atoms with Crippen LogP contribution in [0.2, 0.25) is 0 Å². The molecule has 2 saturated carbocycles. The van der Waals surface area contributed by atoms with Crippen LogP contribution in [-0.2, 0) is 10.1 Å². The van der Waals surface area contributed by atoms with Gasteiger partial charge in [-0.3, -0.25) is 4.55 Å². The summed E-state index contributed by atoms with van der Waals surface area (Å²) in [4.78, 5) is -7.73. The zero-order chi connectivity index (χ0) is 27.0. The van der Waals surface area contributed by atoms with E-state index in [4.69, 9.17) is 139 Å². The van der Waals surface area contributed by atoms with E-state index in [0.29, 0.717) is 5.56 Å². The molecule has 1 N–H and O–H groups in total. The molecule has 0 saturated heterocycles. The smallest absolute Gasteiger partial charge is 0.282 e. The summed E-state index contributed by atoms with van der Waals surface area (Å²) in [6, 6.07) is 3.85. The lowest BCUT2D eigenvalue weighted by Crippen LogP contribution is -2.53. The Morgan fingerprint density at radius 3 is 1.36 bits per heavy atom. The van der Waals surface area contributed by atoms with Gasteiger partial charge in [0, 0.05) is 23.7 Å². The van der Waals surface area contributed by atoms with Crippen molar-refractivity contribution in [2.45, 2.75) is 44.9 Å². The SMILES string of the molecule is O=S(=O)(O)c1ccc2c(c1)[C@@H]1[C@H]([C@H]3[C@@H]2[C@@]2(Cl)C(Cl)=C(Cl)[C@@]3(Cl)C2(Cl)Cl)[C@@]2(Cl)C(Cl)=C(Cl)[C@@]1(Cl)C2(Cl)Cl.